The molecule has 1 atom stereocenters. The molecule has 3 aromatic rings. The zero-order valence-corrected chi connectivity index (χ0v) is 17.4. The van der Waals surface area contributed by atoms with Gasteiger partial charge in [0, 0.05) is 12.1 Å². The van der Waals surface area contributed by atoms with E-state index in [4.69, 9.17) is 9.72 Å². The van der Waals surface area contributed by atoms with Crippen LogP contribution in [0.3, 0.4) is 0 Å². The molecule has 1 aromatic heterocycles. The van der Waals surface area contributed by atoms with E-state index >= 15 is 0 Å². The average molecular weight is 392 g/mol. The van der Waals surface area contributed by atoms with Crippen molar-refractivity contribution < 1.29 is 9.53 Å². The number of imidazole rings is 1. The van der Waals surface area contributed by atoms with Crippen LogP contribution in [0.25, 0.3) is 11.0 Å². The van der Waals surface area contributed by atoms with Gasteiger partial charge in [-0.3, -0.25) is 4.79 Å². The fraction of sp³-hybridized carbons (Fsp3) is 0.333. The molecule has 1 heterocycles. The number of carbonyl (C=O) groups is 1. The van der Waals surface area contributed by atoms with E-state index < -0.39 is 0 Å². The highest BCUT2D eigenvalue weighted by atomic mass is 16.5. The molecule has 1 N–H and O–H groups in total. The van der Waals surface area contributed by atoms with Crippen molar-refractivity contribution in [3.63, 3.8) is 0 Å². The Bertz CT molecular complexity index is 989. The Morgan fingerprint density at radius 1 is 1.17 bits per heavy atom. The lowest BCUT2D eigenvalue weighted by atomic mass is 10.2. The van der Waals surface area contributed by atoms with Crippen molar-refractivity contribution in [1.82, 2.24) is 14.9 Å². The SMILES string of the molecule is C=C(C)C(=O)NC(C)c1nc2ccccc2n1CCCCOc1ccc(C)cc1. The van der Waals surface area contributed by atoms with E-state index in [9.17, 15) is 4.79 Å². The Kier molecular flexibility index (Phi) is 6.70. The van der Waals surface area contributed by atoms with Crippen LogP contribution in [0.5, 0.6) is 5.75 Å². The first-order valence-electron chi connectivity index (χ1n) is 10.1. The normalized spacial score (nSPS) is 12.0. The van der Waals surface area contributed by atoms with Crippen molar-refractivity contribution in [2.45, 2.75) is 46.2 Å². The third kappa shape index (κ3) is 5.25. The van der Waals surface area contributed by atoms with Crippen LogP contribution >= 0.6 is 0 Å². The summed E-state index contributed by atoms with van der Waals surface area (Å²) in [5.41, 5.74) is 3.74. The van der Waals surface area contributed by atoms with Gasteiger partial charge in [-0.05, 0) is 57.9 Å². The number of carbonyl (C=O) groups excluding carboxylic acids is 1. The number of aromatic nitrogens is 2. The molecule has 5 nitrogen and oxygen atoms in total. The maximum Gasteiger partial charge on any atom is 0.246 e. The number of nitrogens with one attached hydrogen (secondary N) is 1. The molecule has 0 aliphatic rings. The van der Waals surface area contributed by atoms with Crippen molar-refractivity contribution in [2.75, 3.05) is 6.61 Å². The van der Waals surface area contributed by atoms with Gasteiger partial charge < -0.3 is 14.6 Å². The lowest BCUT2D eigenvalue weighted by molar-refractivity contribution is -0.118. The number of hydrogen-bond donors (Lipinski definition) is 1. The third-order valence-electron chi connectivity index (χ3n) is 4.87. The number of ether oxygens (including phenoxy) is 1. The van der Waals surface area contributed by atoms with Gasteiger partial charge in [-0.1, -0.05) is 36.4 Å². The predicted molar refractivity (Wildman–Crippen MR) is 117 cm³/mol. The second kappa shape index (κ2) is 9.41. The van der Waals surface area contributed by atoms with Gasteiger partial charge in [-0.25, -0.2) is 4.98 Å². The van der Waals surface area contributed by atoms with Gasteiger partial charge in [0.25, 0.3) is 0 Å². The minimum Gasteiger partial charge on any atom is -0.494 e. The van der Waals surface area contributed by atoms with Crippen LogP contribution in [0, 0.1) is 6.92 Å². The van der Waals surface area contributed by atoms with Gasteiger partial charge in [0.1, 0.15) is 11.6 Å². The molecule has 0 fully saturated rings. The number of unbranched alkanes of at least 4 members (excludes halogenated alkanes) is 1. The first-order valence-corrected chi connectivity index (χ1v) is 10.1. The smallest absolute Gasteiger partial charge is 0.246 e. The van der Waals surface area contributed by atoms with Crippen LogP contribution in [0.15, 0.2) is 60.7 Å². The van der Waals surface area contributed by atoms with Crippen molar-refractivity contribution in [3.8, 4) is 5.75 Å². The molecule has 3 rings (SSSR count). The van der Waals surface area contributed by atoms with Crippen molar-refractivity contribution in [2.24, 2.45) is 0 Å². The van der Waals surface area contributed by atoms with Crippen LogP contribution in [0.2, 0.25) is 0 Å². The maximum absolute atomic E-state index is 12.0. The zero-order valence-electron chi connectivity index (χ0n) is 17.4. The van der Waals surface area contributed by atoms with Gasteiger partial charge in [0.05, 0.1) is 23.7 Å². The van der Waals surface area contributed by atoms with Gasteiger partial charge in [-0.2, -0.15) is 0 Å². The Labute approximate surface area is 172 Å². The number of rotatable bonds is 9. The molecule has 5 heteroatoms. The van der Waals surface area contributed by atoms with E-state index in [1.165, 1.54) is 5.56 Å². The molecular formula is C24H29N3O2. The second-order valence-corrected chi connectivity index (χ2v) is 7.45. The van der Waals surface area contributed by atoms with E-state index in [1.807, 2.05) is 37.3 Å². The summed E-state index contributed by atoms with van der Waals surface area (Å²) in [4.78, 5) is 16.8. The standard InChI is InChI=1S/C24H29N3O2/c1-17(2)24(28)25-19(4)23-26-21-9-5-6-10-22(21)27(23)15-7-8-16-29-20-13-11-18(3)12-14-20/h5-6,9-14,19H,1,7-8,15-16H2,2-4H3,(H,25,28). The number of para-hydroxylation sites is 2. The summed E-state index contributed by atoms with van der Waals surface area (Å²) >= 11 is 0. The Hall–Kier alpha value is -3.08. The van der Waals surface area contributed by atoms with Crippen LogP contribution < -0.4 is 10.1 Å². The van der Waals surface area contributed by atoms with Gasteiger partial charge >= 0.3 is 0 Å². The maximum atomic E-state index is 12.0. The fourth-order valence-electron chi connectivity index (χ4n) is 3.24. The molecule has 0 spiro atoms. The topological polar surface area (TPSA) is 56.2 Å². The van der Waals surface area contributed by atoms with Crippen molar-refractivity contribution in [1.29, 1.82) is 0 Å². The summed E-state index contributed by atoms with van der Waals surface area (Å²) < 4.78 is 8.03. The van der Waals surface area contributed by atoms with Crippen molar-refractivity contribution >= 4 is 16.9 Å². The van der Waals surface area contributed by atoms with Crippen LogP contribution in [0.4, 0.5) is 0 Å². The average Bonchev–Trinajstić information content (AvgIpc) is 3.08. The summed E-state index contributed by atoms with van der Waals surface area (Å²) in [6, 6.07) is 16.0. The first-order chi connectivity index (χ1) is 14.0. The third-order valence-corrected chi connectivity index (χ3v) is 4.87. The zero-order chi connectivity index (χ0) is 20.8. The number of benzene rings is 2. The minimum atomic E-state index is -0.199. The Balaban J connectivity index is 1.64. The number of amides is 1. The van der Waals surface area contributed by atoms with Crippen LogP contribution in [-0.4, -0.2) is 22.1 Å². The van der Waals surface area contributed by atoms with E-state index in [1.54, 1.807) is 6.92 Å². The summed E-state index contributed by atoms with van der Waals surface area (Å²) in [7, 11) is 0. The van der Waals surface area contributed by atoms with E-state index in [0.717, 1.165) is 42.0 Å². The molecule has 0 bridgehead atoms. The van der Waals surface area contributed by atoms with Crippen LogP contribution in [0.1, 0.15) is 44.1 Å². The van der Waals surface area contributed by atoms with E-state index in [-0.39, 0.29) is 11.9 Å². The van der Waals surface area contributed by atoms with Gasteiger partial charge in [-0.15, -0.1) is 0 Å². The molecule has 0 saturated carbocycles. The molecule has 1 unspecified atom stereocenters. The highest BCUT2D eigenvalue weighted by Crippen LogP contribution is 2.22. The quantitative estimate of drug-likeness (QED) is 0.414. The van der Waals surface area contributed by atoms with Crippen molar-refractivity contribution in [3.05, 3.63) is 72.1 Å². The van der Waals surface area contributed by atoms with Crippen LogP contribution in [-0.2, 0) is 11.3 Å². The largest absolute Gasteiger partial charge is 0.494 e. The predicted octanol–water partition coefficient (Wildman–Crippen LogP) is 4.96. The molecule has 0 aliphatic heterocycles. The lowest BCUT2D eigenvalue weighted by Gasteiger charge is -2.16. The minimum absolute atomic E-state index is 0.150. The fourth-order valence-corrected chi connectivity index (χ4v) is 3.24. The number of aryl methyl sites for hydroxylation is 2. The Morgan fingerprint density at radius 2 is 1.90 bits per heavy atom. The number of hydrogen-bond acceptors (Lipinski definition) is 3. The number of fused-ring (bicyclic) bond motifs is 1. The van der Waals surface area contributed by atoms with Gasteiger partial charge in [0.2, 0.25) is 5.91 Å². The van der Waals surface area contributed by atoms with Gasteiger partial charge in [0.15, 0.2) is 0 Å². The number of nitrogens with zero attached hydrogens (tertiary/aromatic N) is 2. The molecule has 29 heavy (non-hydrogen) atoms. The summed E-state index contributed by atoms with van der Waals surface area (Å²) in [5, 5.41) is 2.98. The summed E-state index contributed by atoms with van der Waals surface area (Å²) in [6.07, 6.45) is 1.90. The van der Waals surface area contributed by atoms with E-state index in [2.05, 4.69) is 41.6 Å². The van der Waals surface area contributed by atoms with E-state index in [0.29, 0.717) is 12.2 Å². The second-order valence-electron chi connectivity index (χ2n) is 7.45. The Morgan fingerprint density at radius 3 is 2.62 bits per heavy atom. The molecule has 0 saturated heterocycles. The molecule has 152 valence electrons. The molecule has 0 aliphatic carbocycles. The monoisotopic (exact) mass is 391 g/mol. The molecule has 0 radical (unpaired) electrons. The highest BCUT2D eigenvalue weighted by Gasteiger charge is 2.18. The first kappa shape index (κ1) is 20.6. The molecule has 1 amide bonds. The molecule has 2 aromatic carbocycles. The summed E-state index contributed by atoms with van der Waals surface area (Å²) in [5.74, 6) is 1.61. The highest BCUT2D eigenvalue weighted by molar-refractivity contribution is 5.92. The summed E-state index contributed by atoms with van der Waals surface area (Å²) in [6.45, 7) is 10.9. The molecular weight excluding hydrogens is 362 g/mol. The lowest BCUT2D eigenvalue weighted by Crippen LogP contribution is -2.29.